The van der Waals surface area contributed by atoms with Gasteiger partial charge >= 0.3 is 11.7 Å². The summed E-state index contributed by atoms with van der Waals surface area (Å²) in [7, 11) is 0. The van der Waals surface area contributed by atoms with Gasteiger partial charge < -0.3 is 24.4 Å². The number of aromatic amines is 1. The Hall–Kier alpha value is -4.37. The first kappa shape index (κ1) is 29.7. The fourth-order valence-corrected chi connectivity index (χ4v) is 6.65. The molecular weight excluding hydrogens is 554 g/mol. The van der Waals surface area contributed by atoms with Crippen molar-refractivity contribution in [3.05, 3.63) is 100 Å². The summed E-state index contributed by atoms with van der Waals surface area (Å²) in [5, 5.41) is 0. The van der Waals surface area contributed by atoms with Gasteiger partial charge in [-0.3, -0.25) is 9.36 Å². The number of anilines is 1. The number of likely N-dealkylation sites (tertiary alicyclic amines) is 1. The van der Waals surface area contributed by atoms with Crippen molar-refractivity contribution in [2.24, 2.45) is 0 Å². The van der Waals surface area contributed by atoms with E-state index in [2.05, 4.69) is 26.9 Å². The molecule has 3 heterocycles. The lowest BCUT2D eigenvalue weighted by molar-refractivity contribution is -0.134. The number of amides is 1. The van der Waals surface area contributed by atoms with Gasteiger partial charge in [-0.05, 0) is 82.5 Å². The van der Waals surface area contributed by atoms with Crippen LogP contribution in [0.3, 0.4) is 0 Å². The lowest BCUT2D eigenvalue weighted by Crippen LogP contribution is -2.56. The van der Waals surface area contributed by atoms with Crippen LogP contribution in [-0.4, -0.2) is 68.7 Å². The maximum absolute atomic E-state index is 14.3. The molecule has 0 aliphatic carbocycles. The number of aryl methyl sites for hydroxylation is 1. The Balaban J connectivity index is 1.16. The van der Waals surface area contributed by atoms with Crippen LogP contribution in [0.4, 0.5) is 5.69 Å². The van der Waals surface area contributed by atoms with Crippen molar-refractivity contribution in [3.8, 4) is 0 Å². The highest BCUT2D eigenvalue weighted by atomic mass is 16.6. The van der Waals surface area contributed by atoms with E-state index in [-0.39, 0.29) is 17.6 Å². The van der Waals surface area contributed by atoms with Crippen molar-refractivity contribution >= 4 is 28.6 Å². The number of benzene rings is 3. The number of para-hydroxylation sites is 3. The highest BCUT2D eigenvalue weighted by Crippen LogP contribution is 2.40. The Labute approximate surface area is 258 Å². The quantitative estimate of drug-likeness (QED) is 0.288. The van der Waals surface area contributed by atoms with E-state index in [0.29, 0.717) is 38.2 Å². The van der Waals surface area contributed by atoms with Gasteiger partial charge in [-0.25, -0.2) is 9.59 Å². The third kappa shape index (κ3) is 5.88. The molecule has 0 unspecified atom stereocenters. The summed E-state index contributed by atoms with van der Waals surface area (Å²) in [6, 6.07) is 25.3. The number of H-pyrrole nitrogens is 1. The summed E-state index contributed by atoms with van der Waals surface area (Å²) in [5.74, 6) is -0.275. The van der Waals surface area contributed by atoms with Crippen LogP contribution in [0.1, 0.15) is 56.0 Å². The zero-order chi connectivity index (χ0) is 30.9. The highest BCUT2D eigenvalue weighted by Gasteiger charge is 2.53. The highest BCUT2D eigenvalue weighted by molar-refractivity contribution is 5.94. The molecule has 0 radical (unpaired) electrons. The Morgan fingerprint density at radius 3 is 2.32 bits per heavy atom. The number of aromatic nitrogens is 2. The van der Waals surface area contributed by atoms with Crippen LogP contribution in [0, 0.1) is 0 Å². The summed E-state index contributed by atoms with van der Waals surface area (Å²) in [6.45, 7) is 9.44. The van der Waals surface area contributed by atoms with Gasteiger partial charge in [0.25, 0.3) is 0 Å². The number of carbonyl (C=O) groups excluding carboxylic acids is 2. The van der Waals surface area contributed by atoms with E-state index >= 15 is 0 Å². The molecule has 230 valence electrons. The van der Waals surface area contributed by atoms with Gasteiger partial charge in [0, 0.05) is 31.9 Å². The molecule has 2 aliphatic rings. The standard InChI is InChI=1S/C35H41N5O4/c1-34(2,3)44-31(41)28-15-8-7-12-26(28)24-38-25-40(27-13-5-4-6-14-27)35(32(38)42)18-22-37(23-19-35)20-11-21-39-30-17-10-9-16-29(30)36-33(39)43/h4-10,12-17H,11,18-25H2,1-3H3,(H,36,43). The molecule has 9 heteroatoms. The van der Waals surface area contributed by atoms with Crippen LogP contribution in [0.2, 0.25) is 0 Å². The van der Waals surface area contributed by atoms with Gasteiger partial charge in [0.2, 0.25) is 5.91 Å². The molecule has 0 bridgehead atoms. The van der Waals surface area contributed by atoms with Crippen molar-refractivity contribution in [1.82, 2.24) is 19.4 Å². The minimum atomic E-state index is -0.646. The molecule has 2 fully saturated rings. The Bertz CT molecular complexity index is 1700. The second kappa shape index (κ2) is 12.0. The van der Waals surface area contributed by atoms with Gasteiger partial charge in [-0.1, -0.05) is 48.5 Å². The Morgan fingerprint density at radius 2 is 1.57 bits per heavy atom. The van der Waals surface area contributed by atoms with Crippen molar-refractivity contribution in [3.63, 3.8) is 0 Å². The van der Waals surface area contributed by atoms with E-state index < -0.39 is 11.1 Å². The van der Waals surface area contributed by atoms with Crippen molar-refractivity contribution in [2.75, 3.05) is 31.2 Å². The normalized spacial score (nSPS) is 17.1. The van der Waals surface area contributed by atoms with Crippen molar-refractivity contribution < 1.29 is 14.3 Å². The zero-order valence-corrected chi connectivity index (χ0v) is 25.8. The molecule has 44 heavy (non-hydrogen) atoms. The van der Waals surface area contributed by atoms with Crippen LogP contribution < -0.4 is 10.6 Å². The molecule has 0 saturated carbocycles. The fourth-order valence-electron chi connectivity index (χ4n) is 6.65. The summed E-state index contributed by atoms with van der Waals surface area (Å²) in [6.07, 6.45) is 2.26. The molecule has 6 rings (SSSR count). The summed E-state index contributed by atoms with van der Waals surface area (Å²) in [4.78, 5) is 49.3. The molecule has 3 aromatic carbocycles. The number of fused-ring (bicyclic) bond motifs is 1. The van der Waals surface area contributed by atoms with Gasteiger partial charge in [-0.15, -0.1) is 0 Å². The van der Waals surface area contributed by atoms with Gasteiger partial charge in [0.1, 0.15) is 11.1 Å². The predicted octanol–water partition coefficient (Wildman–Crippen LogP) is 5.02. The molecule has 1 aromatic heterocycles. The third-order valence-electron chi connectivity index (χ3n) is 8.80. The maximum atomic E-state index is 14.3. The molecule has 1 N–H and O–H groups in total. The average Bonchev–Trinajstić information content (AvgIpc) is 3.46. The van der Waals surface area contributed by atoms with Gasteiger partial charge in [0.15, 0.2) is 0 Å². The second-order valence-corrected chi connectivity index (χ2v) is 12.9. The number of ether oxygens (including phenoxy) is 1. The maximum Gasteiger partial charge on any atom is 0.338 e. The monoisotopic (exact) mass is 595 g/mol. The molecule has 1 amide bonds. The first-order valence-electron chi connectivity index (χ1n) is 15.5. The number of nitrogens with zero attached hydrogens (tertiary/aromatic N) is 4. The molecule has 0 atom stereocenters. The first-order valence-corrected chi connectivity index (χ1v) is 15.5. The van der Waals surface area contributed by atoms with Crippen LogP contribution in [0.5, 0.6) is 0 Å². The van der Waals surface area contributed by atoms with Gasteiger partial charge in [-0.2, -0.15) is 0 Å². The molecular formula is C35H41N5O4. The van der Waals surface area contributed by atoms with E-state index in [1.807, 2.05) is 90.9 Å². The number of hydrogen-bond donors (Lipinski definition) is 1. The molecule has 2 aliphatic heterocycles. The average molecular weight is 596 g/mol. The lowest BCUT2D eigenvalue weighted by Gasteiger charge is -2.43. The van der Waals surface area contributed by atoms with Crippen LogP contribution in [0.25, 0.3) is 11.0 Å². The number of rotatable bonds is 8. The van der Waals surface area contributed by atoms with E-state index in [4.69, 9.17) is 4.74 Å². The number of nitrogens with one attached hydrogen (secondary N) is 1. The number of esters is 1. The van der Waals surface area contributed by atoms with E-state index in [1.54, 1.807) is 6.07 Å². The lowest BCUT2D eigenvalue weighted by atomic mass is 9.85. The minimum absolute atomic E-state index is 0.0767. The van der Waals surface area contributed by atoms with Crippen LogP contribution in [0.15, 0.2) is 83.7 Å². The summed E-state index contributed by atoms with van der Waals surface area (Å²) < 4.78 is 7.48. The summed E-state index contributed by atoms with van der Waals surface area (Å²) >= 11 is 0. The Kier molecular flexibility index (Phi) is 8.07. The second-order valence-electron chi connectivity index (χ2n) is 12.9. The number of piperidine rings is 1. The van der Waals surface area contributed by atoms with Crippen LogP contribution >= 0.6 is 0 Å². The van der Waals surface area contributed by atoms with Gasteiger partial charge in [0.05, 0.1) is 23.3 Å². The van der Waals surface area contributed by atoms with Crippen molar-refractivity contribution in [2.45, 2.75) is 64.3 Å². The van der Waals surface area contributed by atoms with E-state index in [9.17, 15) is 14.4 Å². The first-order chi connectivity index (χ1) is 21.1. The van der Waals surface area contributed by atoms with E-state index in [1.165, 1.54) is 0 Å². The largest absolute Gasteiger partial charge is 0.456 e. The molecule has 1 spiro atoms. The Morgan fingerprint density at radius 1 is 0.886 bits per heavy atom. The zero-order valence-electron chi connectivity index (χ0n) is 25.8. The predicted molar refractivity (Wildman–Crippen MR) is 172 cm³/mol. The number of carbonyl (C=O) groups is 2. The fraction of sp³-hybridized carbons (Fsp3) is 0.400. The molecule has 9 nitrogen and oxygen atoms in total. The number of hydrogen-bond acceptors (Lipinski definition) is 6. The third-order valence-corrected chi connectivity index (χ3v) is 8.80. The SMILES string of the molecule is CC(C)(C)OC(=O)c1ccccc1CN1CN(c2ccccc2)C2(CCN(CCCn3c(=O)[nH]c4ccccc43)CC2)C1=O. The van der Waals surface area contributed by atoms with E-state index in [0.717, 1.165) is 48.3 Å². The summed E-state index contributed by atoms with van der Waals surface area (Å²) in [5.41, 5.74) is 2.75. The number of imidazole rings is 1. The smallest absolute Gasteiger partial charge is 0.338 e. The molecule has 4 aromatic rings. The topological polar surface area (TPSA) is 90.9 Å². The molecule has 2 saturated heterocycles. The van der Waals surface area contributed by atoms with Crippen LogP contribution in [-0.2, 0) is 22.6 Å². The van der Waals surface area contributed by atoms with Crippen molar-refractivity contribution in [1.29, 1.82) is 0 Å². The minimum Gasteiger partial charge on any atom is -0.456 e.